The zero-order valence-electron chi connectivity index (χ0n) is 30.4. The van der Waals surface area contributed by atoms with Crippen LogP contribution in [0.4, 0.5) is 0 Å². The molecule has 0 heterocycles. The van der Waals surface area contributed by atoms with E-state index in [4.69, 9.17) is 0 Å². The van der Waals surface area contributed by atoms with Crippen molar-refractivity contribution in [3.05, 3.63) is 118 Å². The van der Waals surface area contributed by atoms with Gasteiger partial charge < -0.3 is 0 Å². The number of rotatable bonds is 6. The van der Waals surface area contributed by atoms with Crippen molar-refractivity contribution >= 4 is 3.26 Å². The molecular weight excluding hydrogens is 719 g/mol. The topological polar surface area (TPSA) is 0 Å². The van der Waals surface area contributed by atoms with Gasteiger partial charge >= 0.3 is 290 Å². The Morgan fingerprint density at radius 3 is 1.54 bits per heavy atom. The summed E-state index contributed by atoms with van der Waals surface area (Å²) in [7, 11) is 0. The molecule has 3 aliphatic carbocycles. The number of hydrogen-bond acceptors (Lipinski definition) is 0. The summed E-state index contributed by atoms with van der Waals surface area (Å²) >= 11 is -2.86. The molecule has 3 aromatic carbocycles. The van der Waals surface area contributed by atoms with E-state index in [1.807, 2.05) is 3.26 Å². The molecule has 0 spiro atoms. The summed E-state index contributed by atoms with van der Waals surface area (Å²) in [5, 5.41) is 0. The van der Waals surface area contributed by atoms with Crippen LogP contribution in [-0.2, 0) is 31.8 Å². The Labute approximate surface area is 288 Å². The molecular formula is C45H58Hf. The average molecular weight is 777 g/mol. The quantitative estimate of drug-likeness (QED) is 0.219. The van der Waals surface area contributed by atoms with Crippen LogP contribution < -0.4 is 0 Å². The van der Waals surface area contributed by atoms with Gasteiger partial charge in [-0.05, 0) is 0 Å². The van der Waals surface area contributed by atoms with E-state index in [1.54, 1.807) is 16.7 Å². The first-order valence-electron chi connectivity index (χ1n) is 18.3. The number of fused-ring (bicyclic) bond motifs is 3. The normalized spacial score (nSPS) is 18.1. The Balaban J connectivity index is 1.73. The van der Waals surface area contributed by atoms with Gasteiger partial charge in [-0.15, -0.1) is 0 Å². The van der Waals surface area contributed by atoms with Crippen LogP contribution >= 0.6 is 0 Å². The van der Waals surface area contributed by atoms with E-state index in [-0.39, 0.29) is 10.8 Å². The molecule has 0 nitrogen and oxygen atoms in total. The first kappa shape index (κ1) is 33.8. The summed E-state index contributed by atoms with van der Waals surface area (Å²) in [5.41, 5.74) is 14.2. The minimum absolute atomic E-state index is 0.122. The fourth-order valence-corrected chi connectivity index (χ4v) is 22.9. The van der Waals surface area contributed by atoms with Gasteiger partial charge in [0, 0.05) is 0 Å². The van der Waals surface area contributed by atoms with Crippen LogP contribution in [0.5, 0.6) is 0 Å². The predicted octanol–water partition coefficient (Wildman–Crippen LogP) is 12.9. The van der Waals surface area contributed by atoms with Crippen LogP contribution in [0.25, 0.3) is 11.1 Å². The number of benzene rings is 3. The molecule has 0 radical (unpaired) electrons. The molecule has 1 fully saturated rings. The molecule has 0 amide bonds. The molecule has 6 rings (SSSR count). The van der Waals surface area contributed by atoms with Crippen molar-refractivity contribution in [3.8, 4) is 11.1 Å². The van der Waals surface area contributed by atoms with Gasteiger partial charge in [-0.3, -0.25) is 0 Å². The van der Waals surface area contributed by atoms with Crippen molar-refractivity contribution in [2.75, 3.05) is 0 Å². The summed E-state index contributed by atoms with van der Waals surface area (Å²) in [6.07, 6.45) is 16.8. The molecule has 1 saturated carbocycles. The molecule has 1 heteroatoms. The molecule has 0 N–H and O–H groups in total. The monoisotopic (exact) mass is 778 g/mol. The van der Waals surface area contributed by atoms with Crippen molar-refractivity contribution in [1.29, 1.82) is 0 Å². The third-order valence-corrected chi connectivity index (χ3v) is 24.3. The molecule has 242 valence electrons. The summed E-state index contributed by atoms with van der Waals surface area (Å²) in [6.45, 7) is 23.9. The molecule has 0 unspecified atom stereocenters. The molecule has 0 aliphatic heterocycles. The van der Waals surface area contributed by atoms with Crippen LogP contribution in [0.3, 0.4) is 0 Å². The maximum absolute atomic E-state index is 2.86. The van der Waals surface area contributed by atoms with Gasteiger partial charge in [0.05, 0.1) is 0 Å². The third kappa shape index (κ3) is 6.61. The van der Waals surface area contributed by atoms with Crippen molar-refractivity contribution in [3.63, 3.8) is 0 Å². The minimum atomic E-state index is -2.86. The second-order valence-corrected chi connectivity index (χ2v) is 26.9. The van der Waals surface area contributed by atoms with Gasteiger partial charge in [-0.1, -0.05) is 0 Å². The summed E-state index contributed by atoms with van der Waals surface area (Å²) in [6, 6.07) is 23.0. The van der Waals surface area contributed by atoms with E-state index < -0.39 is 21.0 Å². The van der Waals surface area contributed by atoms with Gasteiger partial charge in [-0.25, -0.2) is 0 Å². The third-order valence-electron chi connectivity index (χ3n) is 11.1. The standard InChI is InChI=1S/C21H25.C19H28.C5H5.Hf/c1-20(2,3)16-7-9-18-14(12-16)11-15-13-17(21(4,5)6)8-10-19(15)18;1-14(2)18-11-17(12-19(13-18)15(3)4)10-16-8-6-5-7-9-16;1-2-4-5-3-1;/h7-13H,1-6H3;11-16H,5-9H2,1-4H3;1-5H;. The molecule has 46 heavy (non-hydrogen) atoms. The predicted molar refractivity (Wildman–Crippen MR) is 198 cm³/mol. The van der Waals surface area contributed by atoms with E-state index in [0.717, 1.165) is 0 Å². The zero-order chi connectivity index (χ0) is 33.0. The van der Waals surface area contributed by atoms with Gasteiger partial charge in [-0.2, -0.15) is 0 Å². The fourth-order valence-electron chi connectivity index (χ4n) is 8.22. The zero-order valence-corrected chi connectivity index (χ0v) is 34.0. The van der Waals surface area contributed by atoms with Crippen LogP contribution in [0.2, 0.25) is 3.67 Å². The summed E-state index contributed by atoms with van der Waals surface area (Å²) < 4.78 is 3.06. The second-order valence-electron chi connectivity index (χ2n) is 17.2. The molecule has 3 aromatic rings. The van der Waals surface area contributed by atoms with E-state index in [1.165, 1.54) is 65.5 Å². The Bertz CT molecular complexity index is 1590. The average Bonchev–Trinajstić information content (AvgIpc) is 3.65. The van der Waals surface area contributed by atoms with Crippen LogP contribution in [0.1, 0.15) is 156 Å². The van der Waals surface area contributed by atoms with E-state index in [9.17, 15) is 0 Å². The first-order chi connectivity index (χ1) is 21.7. The van der Waals surface area contributed by atoms with Crippen molar-refractivity contribution in [1.82, 2.24) is 0 Å². The Morgan fingerprint density at radius 2 is 1.11 bits per heavy atom. The molecule has 0 atom stereocenters. The van der Waals surface area contributed by atoms with Crippen molar-refractivity contribution in [2.24, 2.45) is 5.92 Å². The van der Waals surface area contributed by atoms with Gasteiger partial charge in [0.1, 0.15) is 0 Å². The van der Waals surface area contributed by atoms with E-state index in [0.29, 0.717) is 25.1 Å². The number of allylic oxidation sites excluding steroid dienone is 4. The van der Waals surface area contributed by atoms with E-state index >= 15 is 0 Å². The van der Waals surface area contributed by atoms with Crippen molar-refractivity contribution in [2.45, 2.75) is 131 Å². The maximum atomic E-state index is 2.66. The van der Waals surface area contributed by atoms with Gasteiger partial charge in [0.2, 0.25) is 0 Å². The summed E-state index contributed by atoms with van der Waals surface area (Å²) in [4.78, 5) is 0. The molecule has 0 bridgehead atoms. The van der Waals surface area contributed by atoms with E-state index in [2.05, 4.69) is 148 Å². The molecule has 0 saturated heterocycles. The number of hydrogen-bond donors (Lipinski definition) is 0. The Hall–Kier alpha value is -2.12. The molecule has 3 aliphatic rings. The van der Waals surface area contributed by atoms with Gasteiger partial charge in [0.15, 0.2) is 0 Å². The second kappa shape index (κ2) is 13.1. The molecule has 0 aromatic heterocycles. The summed E-state index contributed by atoms with van der Waals surface area (Å²) in [5.74, 6) is 1.77. The van der Waals surface area contributed by atoms with Crippen LogP contribution in [-0.4, -0.2) is 3.26 Å². The van der Waals surface area contributed by atoms with Crippen molar-refractivity contribution < 1.29 is 21.0 Å². The fraction of sp³-hybridized carbons (Fsp3) is 0.489. The van der Waals surface area contributed by atoms with Crippen LogP contribution in [0, 0.1) is 5.92 Å². The first-order valence-corrected chi connectivity index (χ1v) is 24.2. The SMILES string of the molecule is CC(C)c1cc([C](C2CCCCC2)=[Hf]([CH]2C=CC=C2)[CH]2c3cc(C(C)(C)C)ccc3-c3ccc(C(C)(C)C)cc32)cc(C(C)C)c1. The van der Waals surface area contributed by atoms with Crippen LogP contribution in [0.15, 0.2) is 78.9 Å². The Kier molecular flexibility index (Phi) is 9.59. The Morgan fingerprint density at radius 1 is 0.630 bits per heavy atom. The van der Waals surface area contributed by atoms with Gasteiger partial charge in [0.25, 0.3) is 0 Å².